The number of rotatable bonds is 2. The Labute approximate surface area is 118 Å². The van der Waals surface area contributed by atoms with Gasteiger partial charge in [0, 0.05) is 6.07 Å². The predicted octanol–water partition coefficient (Wildman–Crippen LogP) is 3.77. The second-order valence-electron chi connectivity index (χ2n) is 3.98. The number of ether oxygens (including phenoxy) is 1. The first-order valence-electron chi connectivity index (χ1n) is 5.66. The van der Waals surface area contributed by atoms with E-state index in [2.05, 4.69) is 25.9 Å². The largest absolute Gasteiger partial charge is 0.438 e. The quantitative estimate of drug-likeness (QED) is 0.782. The molecule has 0 spiro atoms. The van der Waals surface area contributed by atoms with E-state index in [1.165, 1.54) is 6.33 Å². The van der Waals surface area contributed by atoms with Crippen LogP contribution < -0.4 is 10.5 Å². The molecule has 0 saturated carbocycles. The number of hydrogen-bond acceptors (Lipinski definition) is 4. The van der Waals surface area contributed by atoms with Crippen LogP contribution in [-0.4, -0.2) is 9.97 Å². The number of nitrogens with zero attached hydrogens (tertiary/aromatic N) is 2. The minimum Gasteiger partial charge on any atom is -0.438 e. The topological polar surface area (TPSA) is 61.0 Å². The molecule has 3 rings (SSSR count). The molecule has 0 aliphatic carbocycles. The molecule has 4 nitrogen and oxygen atoms in total. The lowest BCUT2D eigenvalue weighted by atomic mass is 10.1. The van der Waals surface area contributed by atoms with Crippen molar-refractivity contribution >= 4 is 32.5 Å². The number of nitrogen functional groups attached to an aromatic ring is 1. The number of benzene rings is 2. The number of anilines is 1. The molecule has 1 heterocycles. The summed E-state index contributed by atoms with van der Waals surface area (Å²) in [6.07, 6.45) is 1.37. The number of nitrogens with two attached hydrogens (primary N) is 1. The van der Waals surface area contributed by atoms with E-state index in [1.54, 1.807) is 6.07 Å². The smallest absolute Gasteiger partial charge is 0.224 e. The lowest BCUT2D eigenvalue weighted by Gasteiger charge is -2.09. The molecule has 0 aliphatic heterocycles. The van der Waals surface area contributed by atoms with Gasteiger partial charge in [0.25, 0.3) is 0 Å². The second kappa shape index (κ2) is 4.85. The maximum absolute atomic E-state index is 5.72. The fourth-order valence-electron chi connectivity index (χ4n) is 1.81. The lowest BCUT2D eigenvalue weighted by molar-refractivity contribution is 0.460. The van der Waals surface area contributed by atoms with E-state index < -0.39 is 0 Å². The number of aromatic nitrogens is 2. The SMILES string of the molecule is Nc1cc(Oc2ccc3ccccc3c2Br)ncn1. The van der Waals surface area contributed by atoms with Gasteiger partial charge in [-0.1, -0.05) is 30.3 Å². The zero-order valence-corrected chi connectivity index (χ0v) is 11.5. The highest BCUT2D eigenvalue weighted by Gasteiger charge is 2.07. The zero-order valence-electron chi connectivity index (χ0n) is 9.88. The molecule has 1 aromatic heterocycles. The van der Waals surface area contributed by atoms with Crippen molar-refractivity contribution in [1.29, 1.82) is 0 Å². The summed E-state index contributed by atoms with van der Waals surface area (Å²) in [6.45, 7) is 0. The molecule has 0 aliphatic rings. The van der Waals surface area contributed by atoms with Gasteiger partial charge in [0.2, 0.25) is 5.88 Å². The number of fused-ring (bicyclic) bond motifs is 1. The van der Waals surface area contributed by atoms with Crippen LogP contribution in [0.2, 0.25) is 0 Å². The van der Waals surface area contributed by atoms with Crippen LogP contribution in [0.3, 0.4) is 0 Å². The third-order valence-electron chi connectivity index (χ3n) is 2.71. The van der Waals surface area contributed by atoms with Crippen molar-refractivity contribution in [2.45, 2.75) is 0 Å². The molecule has 0 fully saturated rings. The summed E-state index contributed by atoms with van der Waals surface area (Å²) < 4.78 is 6.61. The number of hydrogen-bond donors (Lipinski definition) is 1. The molecule has 0 atom stereocenters. The van der Waals surface area contributed by atoms with E-state index in [0.29, 0.717) is 17.4 Å². The van der Waals surface area contributed by atoms with Crippen molar-refractivity contribution in [2.75, 3.05) is 5.73 Å². The molecule has 0 amide bonds. The Bertz CT molecular complexity index is 746. The van der Waals surface area contributed by atoms with Crippen LogP contribution in [0.5, 0.6) is 11.6 Å². The van der Waals surface area contributed by atoms with E-state index in [9.17, 15) is 0 Å². The van der Waals surface area contributed by atoms with Gasteiger partial charge in [-0.15, -0.1) is 0 Å². The summed E-state index contributed by atoms with van der Waals surface area (Å²) in [4.78, 5) is 7.85. The van der Waals surface area contributed by atoms with Gasteiger partial charge in [-0.25, -0.2) is 9.97 Å². The molecule has 3 aromatic rings. The Balaban J connectivity index is 2.04. The van der Waals surface area contributed by atoms with E-state index in [0.717, 1.165) is 15.2 Å². The van der Waals surface area contributed by atoms with Crippen molar-refractivity contribution in [3.8, 4) is 11.6 Å². The highest BCUT2D eigenvalue weighted by Crippen LogP contribution is 2.35. The molecule has 2 aromatic carbocycles. The summed E-state index contributed by atoms with van der Waals surface area (Å²) >= 11 is 3.56. The van der Waals surface area contributed by atoms with Crippen LogP contribution in [0, 0.1) is 0 Å². The van der Waals surface area contributed by atoms with Gasteiger partial charge in [0.05, 0.1) is 4.47 Å². The molecular formula is C14H10BrN3O. The van der Waals surface area contributed by atoms with Crippen molar-refractivity contribution in [3.05, 3.63) is 53.3 Å². The highest BCUT2D eigenvalue weighted by molar-refractivity contribution is 9.10. The molecule has 2 N–H and O–H groups in total. The first-order chi connectivity index (χ1) is 9.24. The van der Waals surface area contributed by atoms with Crippen LogP contribution in [0.4, 0.5) is 5.82 Å². The molecule has 0 bridgehead atoms. The summed E-state index contributed by atoms with van der Waals surface area (Å²) in [5.41, 5.74) is 5.60. The molecular weight excluding hydrogens is 306 g/mol. The van der Waals surface area contributed by atoms with Crippen LogP contribution in [-0.2, 0) is 0 Å². The fraction of sp³-hybridized carbons (Fsp3) is 0. The van der Waals surface area contributed by atoms with E-state index in [1.807, 2.05) is 36.4 Å². The Morgan fingerprint density at radius 3 is 2.74 bits per heavy atom. The lowest BCUT2D eigenvalue weighted by Crippen LogP contribution is -1.94. The molecule has 19 heavy (non-hydrogen) atoms. The normalized spacial score (nSPS) is 10.6. The standard InChI is InChI=1S/C14H10BrN3O/c15-14-10-4-2-1-3-9(10)5-6-11(14)19-13-7-12(16)17-8-18-13/h1-8H,(H2,16,17,18). The third-order valence-corrected chi connectivity index (χ3v) is 3.52. The second-order valence-corrected chi connectivity index (χ2v) is 4.77. The molecule has 5 heteroatoms. The first kappa shape index (κ1) is 11.9. The van der Waals surface area contributed by atoms with Crippen molar-refractivity contribution in [1.82, 2.24) is 9.97 Å². The maximum Gasteiger partial charge on any atom is 0.224 e. The average Bonchev–Trinajstić information content (AvgIpc) is 2.42. The van der Waals surface area contributed by atoms with E-state index in [4.69, 9.17) is 10.5 Å². The van der Waals surface area contributed by atoms with Crippen LogP contribution in [0.1, 0.15) is 0 Å². The van der Waals surface area contributed by atoms with Crippen LogP contribution in [0.15, 0.2) is 53.3 Å². The summed E-state index contributed by atoms with van der Waals surface area (Å²) in [6, 6.07) is 13.5. The zero-order chi connectivity index (χ0) is 13.2. The van der Waals surface area contributed by atoms with Gasteiger partial charge >= 0.3 is 0 Å². The van der Waals surface area contributed by atoms with Crippen LogP contribution >= 0.6 is 15.9 Å². The molecule has 0 unspecified atom stereocenters. The third kappa shape index (κ3) is 2.37. The van der Waals surface area contributed by atoms with Gasteiger partial charge < -0.3 is 10.5 Å². The van der Waals surface area contributed by atoms with Crippen molar-refractivity contribution < 1.29 is 4.74 Å². The Morgan fingerprint density at radius 2 is 1.89 bits per heavy atom. The Morgan fingerprint density at radius 1 is 1.05 bits per heavy atom. The summed E-state index contributed by atoms with van der Waals surface area (Å²) in [5, 5.41) is 2.23. The van der Waals surface area contributed by atoms with Crippen LogP contribution in [0.25, 0.3) is 10.8 Å². The first-order valence-corrected chi connectivity index (χ1v) is 6.46. The van der Waals surface area contributed by atoms with Gasteiger partial charge in [-0.2, -0.15) is 0 Å². The van der Waals surface area contributed by atoms with Crippen molar-refractivity contribution in [2.24, 2.45) is 0 Å². The van der Waals surface area contributed by atoms with Gasteiger partial charge in [-0.05, 0) is 32.8 Å². The van der Waals surface area contributed by atoms with Gasteiger partial charge in [-0.3, -0.25) is 0 Å². The Hall–Kier alpha value is -2.14. The molecule has 0 saturated heterocycles. The fourth-order valence-corrected chi connectivity index (χ4v) is 2.39. The molecule has 94 valence electrons. The number of halogens is 1. The van der Waals surface area contributed by atoms with E-state index in [-0.39, 0.29) is 0 Å². The van der Waals surface area contributed by atoms with E-state index >= 15 is 0 Å². The monoisotopic (exact) mass is 315 g/mol. The maximum atomic E-state index is 5.72. The minimum atomic E-state index is 0.377. The van der Waals surface area contributed by atoms with Gasteiger partial charge in [0.15, 0.2) is 0 Å². The predicted molar refractivity (Wildman–Crippen MR) is 78.2 cm³/mol. The van der Waals surface area contributed by atoms with Crippen molar-refractivity contribution in [3.63, 3.8) is 0 Å². The molecule has 0 radical (unpaired) electrons. The minimum absolute atomic E-state index is 0.377. The summed E-state index contributed by atoms with van der Waals surface area (Å²) in [5.74, 6) is 1.49. The Kier molecular flexibility index (Phi) is 3.05. The van der Waals surface area contributed by atoms with Gasteiger partial charge in [0.1, 0.15) is 17.9 Å². The summed E-state index contributed by atoms with van der Waals surface area (Å²) in [7, 11) is 0. The average molecular weight is 316 g/mol. The highest BCUT2D eigenvalue weighted by atomic mass is 79.9.